The minimum Gasteiger partial charge on any atom is -0.392 e. The molecule has 0 fully saturated rings. The van der Waals surface area contributed by atoms with Crippen LogP contribution in [0.3, 0.4) is 0 Å². The van der Waals surface area contributed by atoms with Crippen molar-refractivity contribution in [1.82, 2.24) is 9.78 Å². The SMILES string of the molecule is Cc1nn(C)c(CC(O)Cc2cccc(Cl)c2)c1Cl. The van der Waals surface area contributed by atoms with Gasteiger partial charge in [0.15, 0.2) is 0 Å². The first-order valence-corrected chi connectivity index (χ1v) is 6.83. The molecule has 5 heteroatoms. The molecule has 19 heavy (non-hydrogen) atoms. The molecule has 0 aliphatic carbocycles. The molecule has 1 aromatic heterocycles. The fourth-order valence-electron chi connectivity index (χ4n) is 2.13. The van der Waals surface area contributed by atoms with Crippen molar-refractivity contribution in [2.24, 2.45) is 7.05 Å². The molecule has 1 N–H and O–H groups in total. The lowest BCUT2D eigenvalue weighted by atomic mass is 10.0. The Bertz CT molecular complexity index is 581. The Kier molecular flexibility index (Phi) is 4.50. The third kappa shape index (κ3) is 3.50. The Labute approximate surface area is 122 Å². The topological polar surface area (TPSA) is 38.0 Å². The van der Waals surface area contributed by atoms with E-state index in [4.69, 9.17) is 23.2 Å². The van der Waals surface area contributed by atoms with Gasteiger partial charge in [0.05, 0.1) is 22.5 Å². The van der Waals surface area contributed by atoms with Crippen molar-refractivity contribution in [2.45, 2.75) is 25.9 Å². The van der Waals surface area contributed by atoms with E-state index in [1.54, 1.807) is 4.68 Å². The van der Waals surface area contributed by atoms with Crippen LogP contribution in [0.4, 0.5) is 0 Å². The highest BCUT2D eigenvalue weighted by atomic mass is 35.5. The zero-order valence-corrected chi connectivity index (χ0v) is 12.4. The molecule has 0 radical (unpaired) electrons. The van der Waals surface area contributed by atoms with Crippen molar-refractivity contribution in [3.63, 3.8) is 0 Å². The van der Waals surface area contributed by atoms with Crippen LogP contribution in [0.1, 0.15) is 17.0 Å². The molecule has 0 aliphatic heterocycles. The Morgan fingerprint density at radius 3 is 2.63 bits per heavy atom. The summed E-state index contributed by atoms with van der Waals surface area (Å²) in [6.45, 7) is 1.86. The minimum atomic E-state index is -0.509. The molecule has 1 unspecified atom stereocenters. The second kappa shape index (κ2) is 5.95. The molecule has 0 bridgehead atoms. The highest BCUT2D eigenvalue weighted by Gasteiger charge is 2.15. The summed E-state index contributed by atoms with van der Waals surface area (Å²) in [6, 6.07) is 7.51. The second-order valence-electron chi connectivity index (χ2n) is 4.66. The highest BCUT2D eigenvalue weighted by molar-refractivity contribution is 6.31. The summed E-state index contributed by atoms with van der Waals surface area (Å²) >= 11 is 12.1. The minimum absolute atomic E-state index is 0.475. The molecule has 0 spiro atoms. The lowest BCUT2D eigenvalue weighted by Crippen LogP contribution is -2.16. The molecule has 1 aromatic carbocycles. The average Bonchev–Trinajstić information content (AvgIpc) is 2.56. The number of aromatic nitrogens is 2. The predicted molar refractivity (Wildman–Crippen MR) is 77.8 cm³/mol. The summed E-state index contributed by atoms with van der Waals surface area (Å²) in [7, 11) is 1.83. The Morgan fingerprint density at radius 1 is 1.32 bits per heavy atom. The maximum Gasteiger partial charge on any atom is 0.0847 e. The normalized spacial score (nSPS) is 12.7. The number of nitrogens with zero attached hydrogens (tertiary/aromatic N) is 2. The van der Waals surface area contributed by atoms with Crippen molar-refractivity contribution in [2.75, 3.05) is 0 Å². The van der Waals surface area contributed by atoms with E-state index in [9.17, 15) is 5.11 Å². The summed E-state index contributed by atoms with van der Waals surface area (Å²) in [6.07, 6.45) is 0.509. The van der Waals surface area contributed by atoms with Crippen LogP contribution in [0.15, 0.2) is 24.3 Å². The van der Waals surface area contributed by atoms with Crippen LogP contribution in [-0.4, -0.2) is 21.0 Å². The van der Waals surface area contributed by atoms with Crippen molar-refractivity contribution >= 4 is 23.2 Å². The van der Waals surface area contributed by atoms with Gasteiger partial charge in [0.1, 0.15) is 0 Å². The van der Waals surface area contributed by atoms with Gasteiger partial charge in [-0.3, -0.25) is 4.68 Å². The van der Waals surface area contributed by atoms with Crippen LogP contribution < -0.4 is 0 Å². The van der Waals surface area contributed by atoms with Crippen LogP contribution >= 0.6 is 23.2 Å². The summed E-state index contributed by atoms with van der Waals surface area (Å²) < 4.78 is 1.72. The third-order valence-electron chi connectivity index (χ3n) is 3.05. The smallest absolute Gasteiger partial charge is 0.0847 e. The van der Waals surface area contributed by atoms with E-state index in [-0.39, 0.29) is 0 Å². The van der Waals surface area contributed by atoms with Crippen LogP contribution in [0.25, 0.3) is 0 Å². The number of aliphatic hydroxyl groups excluding tert-OH is 1. The molecular weight excluding hydrogens is 283 g/mol. The molecule has 1 atom stereocenters. The van der Waals surface area contributed by atoms with Gasteiger partial charge in [-0.05, 0) is 31.0 Å². The molecule has 1 heterocycles. The van der Waals surface area contributed by atoms with Gasteiger partial charge in [-0.25, -0.2) is 0 Å². The predicted octanol–water partition coefficient (Wildman–Crippen LogP) is 3.18. The highest BCUT2D eigenvalue weighted by Crippen LogP contribution is 2.22. The Morgan fingerprint density at radius 2 is 2.05 bits per heavy atom. The molecule has 2 rings (SSSR count). The second-order valence-corrected chi connectivity index (χ2v) is 5.48. The zero-order valence-electron chi connectivity index (χ0n) is 10.9. The van der Waals surface area contributed by atoms with Crippen LogP contribution in [-0.2, 0) is 19.9 Å². The Balaban J connectivity index is 2.07. The molecule has 0 aliphatic rings. The summed E-state index contributed by atoms with van der Waals surface area (Å²) in [4.78, 5) is 0. The largest absolute Gasteiger partial charge is 0.392 e. The van der Waals surface area contributed by atoms with Crippen molar-refractivity contribution in [3.05, 3.63) is 51.3 Å². The van der Waals surface area contributed by atoms with E-state index < -0.39 is 6.10 Å². The molecular formula is C14H16Cl2N2O. The van der Waals surface area contributed by atoms with Gasteiger partial charge in [0.25, 0.3) is 0 Å². The van der Waals surface area contributed by atoms with Gasteiger partial charge >= 0.3 is 0 Å². The first-order chi connectivity index (χ1) is 8.97. The molecule has 3 nitrogen and oxygen atoms in total. The number of hydrogen-bond donors (Lipinski definition) is 1. The molecule has 0 saturated heterocycles. The Hall–Kier alpha value is -1.03. The number of aliphatic hydroxyl groups is 1. The van der Waals surface area contributed by atoms with Crippen LogP contribution in [0.2, 0.25) is 10.0 Å². The lowest BCUT2D eigenvalue weighted by molar-refractivity contribution is 0.173. The first-order valence-electron chi connectivity index (χ1n) is 6.08. The van der Waals surface area contributed by atoms with Gasteiger partial charge in [-0.1, -0.05) is 35.3 Å². The van der Waals surface area contributed by atoms with E-state index >= 15 is 0 Å². The quantitative estimate of drug-likeness (QED) is 0.941. The number of rotatable bonds is 4. The number of benzene rings is 1. The molecule has 0 saturated carbocycles. The van der Waals surface area contributed by atoms with Crippen molar-refractivity contribution in [3.8, 4) is 0 Å². The lowest BCUT2D eigenvalue weighted by Gasteiger charge is -2.11. The molecule has 102 valence electrons. The molecule has 2 aromatic rings. The van der Waals surface area contributed by atoms with E-state index in [0.717, 1.165) is 17.0 Å². The number of hydrogen-bond acceptors (Lipinski definition) is 2. The van der Waals surface area contributed by atoms with Crippen molar-refractivity contribution in [1.29, 1.82) is 0 Å². The number of halogens is 2. The maximum absolute atomic E-state index is 10.2. The fraction of sp³-hybridized carbons (Fsp3) is 0.357. The van der Waals surface area contributed by atoms with Gasteiger partial charge in [-0.2, -0.15) is 5.10 Å². The van der Waals surface area contributed by atoms with Gasteiger partial charge in [0, 0.05) is 18.5 Å². The van der Waals surface area contributed by atoms with E-state index in [1.807, 2.05) is 38.2 Å². The van der Waals surface area contributed by atoms with Gasteiger partial charge < -0.3 is 5.11 Å². The van der Waals surface area contributed by atoms with Crippen LogP contribution in [0.5, 0.6) is 0 Å². The monoisotopic (exact) mass is 298 g/mol. The van der Waals surface area contributed by atoms with Crippen LogP contribution in [0, 0.1) is 6.92 Å². The summed E-state index contributed by atoms with van der Waals surface area (Å²) in [5, 5.41) is 15.7. The summed E-state index contributed by atoms with van der Waals surface area (Å²) in [5.74, 6) is 0. The van der Waals surface area contributed by atoms with E-state index in [1.165, 1.54) is 0 Å². The van der Waals surface area contributed by atoms with E-state index in [0.29, 0.717) is 22.9 Å². The summed E-state index contributed by atoms with van der Waals surface area (Å²) in [5.41, 5.74) is 2.65. The van der Waals surface area contributed by atoms with E-state index in [2.05, 4.69) is 5.10 Å². The average molecular weight is 299 g/mol. The zero-order chi connectivity index (χ0) is 14.0. The van der Waals surface area contributed by atoms with Crippen molar-refractivity contribution < 1.29 is 5.11 Å². The standard InChI is InChI=1S/C14H16Cl2N2O/c1-9-14(16)13(18(2)17-9)8-12(19)7-10-4-3-5-11(15)6-10/h3-6,12,19H,7-8H2,1-2H3. The maximum atomic E-state index is 10.2. The van der Waals surface area contributed by atoms with Gasteiger partial charge in [-0.15, -0.1) is 0 Å². The molecule has 0 amide bonds. The fourth-order valence-corrected chi connectivity index (χ4v) is 2.58. The first kappa shape index (κ1) is 14.4. The third-order valence-corrected chi connectivity index (χ3v) is 3.78. The van der Waals surface area contributed by atoms with Gasteiger partial charge in [0.2, 0.25) is 0 Å². The number of aryl methyl sites for hydroxylation is 2.